The highest BCUT2D eigenvalue weighted by atomic mass is 15.0. The summed E-state index contributed by atoms with van der Waals surface area (Å²) in [6.07, 6.45) is 0. The Morgan fingerprint density at radius 1 is 0.182 bits per heavy atom. The Morgan fingerprint density at radius 2 is 0.420 bits per heavy atom. The third-order valence-electron chi connectivity index (χ3n) is 19.5. The van der Waals surface area contributed by atoms with Crippen LogP contribution in [0, 0.1) is 0 Å². The molecule has 0 fully saturated rings. The third kappa shape index (κ3) is 7.24. The number of hydrogen-bond donors (Lipinski definition) is 0. The van der Waals surface area contributed by atoms with E-state index in [9.17, 15) is 0 Å². The molecule has 2 aliphatic rings. The average Bonchev–Trinajstić information content (AvgIpc) is 1.61. The summed E-state index contributed by atoms with van der Waals surface area (Å²) in [6, 6.07) is 127. The van der Waals surface area contributed by atoms with E-state index < -0.39 is 10.8 Å². The van der Waals surface area contributed by atoms with Crippen LogP contribution in [0.2, 0.25) is 0 Å². The molecule has 0 saturated carbocycles. The van der Waals surface area contributed by atoms with Crippen molar-refractivity contribution in [2.45, 2.75) is 10.8 Å². The van der Waals surface area contributed by atoms with Crippen LogP contribution in [0.25, 0.3) is 111 Å². The monoisotopic (exact) mass is 1120 g/mol. The zero-order valence-corrected chi connectivity index (χ0v) is 48.2. The van der Waals surface area contributed by atoms with E-state index in [4.69, 9.17) is 0 Å². The molecule has 0 spiro atoms. The van der Waals surface area contributed by atoms with Crippen LogP contribution in [0.1, 0.15) is 44.5 Å². The van der Waals surface area contributed by atoms with Gasteiger partial charge >= 0.3 is 0 Å². The van der Waals surface area contributed by atoms with Gasteiger partial charge in [0.15, 0.2) is 0 Å². The minimum atomic E-state index is -0.632. The van der Waals surface area contributed by atoms with Gasteiger partial charge in [-0.1, -0.05) is 255 Å². The van der Waals surface area contributed by atoms with Gasteiger partial charge in [-0.2, -0.15) is 0 Å². The molecule has 0 saturated heterocycles. The van der Waals surface area contributed by atoms with E-state index in [1.54, 1.807) is 0 Å². The summed E-state index contributed by atoms with van der Waals surface area (Å²) in [6.45, 7) is 0. The lowest BCUT2D eigenvalue weighted by Crippen LogP contribution is -2.29. The molecule has 88 heavy (non-hydrogen) atoms. The van der Waals surface area contributed by atoms with E-state index in [0.717, 1.165) is 11.4 Å². The van der Waals surface area contributed by atoms with Gasteiger partial charge < -0.3 is 9.13 Å². The smallest absolute Gasteiger partial charge is 0.0713 e. The summed E-state index contributed by atoms with van der Waals surface area (Å²) in [7, 11) is 0. The maximum Gasteiger partial charge on any atom is 0.0713 e. The summed E-state index contributed by atoms with van der Waals surface area (Å²) >= 11 is 0. The van der Waals surface area contributed by atoms with Crippen LogP contribution >= 0.6 is 0 Å². The summed E-state index contributed by atoms with van der Waals surface area (Å²) in [5.74, 6) is 0. The number of para-hydroxylation sites is 4. The molecular weight excluding hydrogens is 1060 g/mol. The van der Waals surface area contributed by atoms with Crippen molar-refractivity contribution in [3.63, 3.8) is 0 Å². The second-order valence-electron chi connectivity index (χ2n) is 23.8. The number of rotatable bonds is 9. The Hall–Kier alpha value is -11.3. The molecule has 410 valence electrons. The van der Waals surface area contributed by atoms with Crippen molar-refractivity contribution >= 4 is 43.6 Å². The summed E-state index contributed by atoms with van der Waals surface area (Å²) in [5, 5.41) is 4.97. The molecule has 2 aliphatic carbocycles. The van der Waals surface area contributed by atoms with Crippen LogP contribution in [0.5, 0.6) is 0 Å². The van der Waals surface area contributed by atoms with Crippen molar-refractivity contribution in [3.8, 4) is 67.0 Å². The number of aromatic nitrogens is 2. The topological polar surface area (TPSA) is 9.86 Å². The SMILES string of the molecule is c1ccc(-n2c3ccccc3c3cc(-c4ccc5c(c4)C(c4ccccc4)(c4ccccc4)c4cc(-c6ccc7c(c6)C(c6ccccc6)(c6ccccc6)c6cc(-c8ccc9c(c8)c8ccccc8n9-c8ccccc8)ccc6-7)ccc4-5)ccc32)cc1. The molecule has 14 aromatic carbocycles. The standard InChI is InChI=1S/C86H56N2/c1-7-23-63(24-8-1)85(64-25-9-2-10-26-64)77-53-59(57-43-49-83-75(51-57)73-35-19-21-37-81(73)87(83)67-31-15-5-16-32-67)39-45-69(77)71-47-41-61(55-79(71)85)62-42-48-72-70-46-40-60(54-78(70)86(80(72)56-62,65-27-11-3-12-28-65)66-29-13-4-14-30-66)58-44-50-84-76(52-58)74-36-20-22-38-82(74)88(84)68-33-17-6-18-34-68/h1-56H. The molecule has 0 N–H and O–H groups in total. The first-order valence-corrected chi connectivity index (χ1v) is 30.6. The van der Waals surface area contributed by atoms with E-state index >= 15 is 0 Å². The van der Waals surface area contributed by atoms with Gasteiger partial charge in [-0.05, 0) is 185 Å². The highest BCUT2D eigenvalue weighted by molar-refractivity contribution is 6.12. The largest absolute Gasteiger partial charge is 0.309 e. The van der Waals surface area contributed by atoms with Crippen molar-refractivity contribution in [1.29, 1.82) is 0 Å². The van der Waals surface area contributed by atoms with Gasteiger partial charge in [-0.3, -0.25) is 0 Å². The molecule has 2 aromatic heterocycles. The second kappa shape index (κ2) is 19.6. The Balaban J connectivity index is 0.813. The minimum absolute atomic E-state index is 0.632. The maximum atomic E-state index is 2.53. The van der Waals surface area contributed by atoms with Crippen LogP contribution in [-0.2, 0) is 10.8 Å². The molecule has 2 heterocycles. The van der Waals surface area contributed by atoms with Gasteiger partial charge in [0.2, 0.25) is 0 Å². The highest BCUT2D eigenvalue weighted by Gasteiger charge is 2.48. The van der Waals surface area contributed by atoms with E-state index in [1.165, 1.54) is 144 Å². The van der Waals surface area contributed by atoms with E-state index in [1.807, 2.05) is 0 Å². The predicted octanol–water partition coefficient (Wildman–Crippen LogP) is 21.6. The average molecular weight is 1120 g/mol. The van der Waals surface area contributed by atoms with Gasteiger partial charge in [0.25, 0.3) is 0 Å². The lowest BCUT2D eigenvalue weighted by molar-refractivity contribution is 0.768. The van der Waals surface area contributed by atoms with Crippen molar-refractivity contribution in [1.82, 2.24) is 9.13 Å². The number of benzene rings is 14. The molecule has 0 aliphatic heterocycles. The van der Waals surface area contributed by atoms with E-state index in [0.29, 0.717) is 0 Å². The zero-order valence-electron chi connectivity index (χ0n) is 48.2. The van der Waals surface area contributed by atoms with Crippen LogP contribution in [0.3, 0.4) is 0 Å². The first kappa shape index (κ1) is 50.0. The summed E-state index contributed by atoms with van der Waals surface area (Å²) < 4.78 is 4.80. The first-order chi connectivity index (χ1) is 43.6. The number of hydrogen-bond acceptors (Lipinski definition) is 0. The predicted molar refractivity (Wildman–Crippen MR) is 366 cm³/mol. The fourth-order valence-electron chi connectivity index (χ4n) is 15.7. The van der Waals surface area contributed by atoms with Gasteiger partial charge in [-0.15, -0.1) is 0 Å². The van der Waals surface area contributed by atoms with Gasteiger partial charge in [0.05, 0.1) is 32.9 Å². The highest BCUT2D eigenvalue weighted by Crippen LogP contribution is 2.60. The second-order valence-corrected chi connectivity index (χ2v) is 23.8. The molecular formula is C86H56N2. The zero-order chi connectivity index (χ0) is 57.9. The Labute approximate surface area is 511 Å². The van der Waals surface area contributed by atoms with Crippen LogP contribution < -0.4 is 0 Å². The van der Waals surface area contributed by atoms with E-state index in [-0.39, 0.29) is 0 Å². The van der Waals surface area contributed by atoms with Gasteiger partial charge in [0.1, 0.15) is 0 Å². The van der Waals surface area contributed by atoms with Crippen LogP contribution in [0.15, 0.2) is 340 Å². The Morgan fingerprint density at radius 3 is 0.727 bits per heavy atom. The molecule has 2 heteroatoms. The normalized spacial score (nSPS) is 13.4. The molecule has 0 atom stereocenters. The lowest BCUT2D eigenvalue weighted by atomic mass is 9.66. The molecule has 18 rings (SSSR count). The number of nitrogens with zero attached hydrogens (tertiary/aromatic N) is 2. The first-order valence-electron chi connectivity index (χ1n) is 30.6. The van der Waals surface area contributed by atoms with Crippen molar-refractivity contribution in [2.24, 2.45) is 0 Å². The fraction of sp³-hybridized carbons (Fsp3) is 0.0233. The molecule has 0 bridgehead atoms. The summed E-state index contributed by atoms with van der Waals surface area (Å²) in [4.78, 5) is 0. The maximum absolute atomic E-state index is 2.53. The van der Waals surface area contributed by atoms with Crippen molar-refractivity contribution in [3.05, 3.63) is 384 Å². The summed E-state index contributed by atoms with van der Waals surface area (Å²) in [5.41, 5.74) is 28.1. The van der Waals surface area contributed by atoms with Crippen LogP contribution in [-0.4, -0.2) is 9.13 Å². The van der Waals surface area contributed by atoms with Crippen molar-refractivity contribution in [2.75, 3.05) is 0 Å². The van der Waals surface area contributed by atoms with Gasteiger partial charge in [0, 0.05) is 32.9 Å². The van der Waals surface area contributed by atoms with Gasteiger partial charge in [-0.25, -0.2) is 0 Å². The quantitative estimate of drug-likeness (QED) is 0.136. The van der Waals surface area contributed by atoms with Crippen LogP contribution in [0.4, 0.5) is 0 Å². The molecule has 2 nitrogen and oxygen atoms in total. The minimum Gasteiger partial charge on any atom is -0.309 e. The Kier molecular flexibility index (Phi) is 11.2. The molecule has 0 amide bonds. The Bertz CT molecular complexity index is 4990. The van der Waals surface area contributed by atoms with Crippen molar-refractivity contribution < 1.29 is 0 Å². The fourth-order valence-corrected chi connectivity index (χ4v) is 15.7. The number of fused-ring (bicyclic) bond motifs is 12. The lowest BCUT2D eigenvalue weighted by Gasteiger charge is -2.35. The molecule has 0 unspecified atom stereocenters. The third-order valence-corrected chi connectivity index (χ3v) is 19.5. The molecule has 16 aromatic rings. The molecule has 0 radical (unpaired) electrons. The van der Waals surface area contributed by atoms with E-state index in [2.05, 4.69) is 349 Å².